The Morgan fingerprint density at radius 1 is 1.18 bits per heavy atom. The largest absolute Gasteiger partial charge is 0.507 e. The molecule has 0 atom stereocenters. The maximum atomic E-state index is 12.8. The highest BCUT2D eigenvalue weighted by atomic mass is 79.9. The number of carbonyl (C=O) groups excluding carboxylic acids is 1. The molecule has 0 radical (unpaired) electrons. The third-order valence-corrected chi connectivity index (χ3v) is 7.38. The monoisotopic (exact) mass is 573 g/mol. The first kappa shape index (κ1) is 25.7. The van der Waals surface area contributed by atoms with Crippen LogP contribution in [0.15, 0.2) is 71.3 Å². The molecule has 1 aromatic heterocycles. The fourth-order valence-electron chi connectivity index (χ4n) is 4.24. The van der Waals surface area contributed by atoms with E-state index in [0.717, 1.165) is 27.7 Å². The van der Waals surface area contributed by atoms with Gasteiger partial charge in [0.15, 0.2) is 5.78 Å². The number of aromatic hydroxyl groups is 1. The van der Waals surface area contributed by atoms with Crippen molar-refractivity contribution in [3.63, 3.8) is 0 Å². The zero-order valence-electron chi connectivity index (χ0n) is 21.4. The number of ketones is 1. The Balaban J connectivity index is 1.19. The van der Waals surface area contributed by atoms with Crippen molar-refractivity contribution in [2.45, 2.75) is 45.8 Å². The van der Waals surface area contributed by atoms with Crippen molar-refractivity contribution in [1.82, 2.24) is 15.0 Å². The SMILES string of the molecule is Cc1ccc(-n2cc(COc3ccc(/C=C/C(=O)c4ccc5c(c4O)CCC(C)(C)O5)cc3)nn2)cc1Br. The van der Waals surface area contributed by atoms with Crippen molar-refractivity contribution in [3.8, 4) is 22.9 Å². The van der Waals surface area contributed by atoms with Crippen LogP contribution < -0.4 is 9.47 Å². The van der Waals surface area contributed by atoms with E-state index >= 15 is 0 Å². The summed E-state index contributed by atoms with van der Waals surface area (Å²) in [6.45, 7) is 6.34. The van der Waals surface area contributed by atoms with Crippen molar-refractivity contribution < 1.29 is 19.4 Å². The van der Waals surface area contributed by atoms with Crippen LogP contribution in [0.3, 0.4) is 0 Å². The minimum Gasteiger partial charge on any atom is -0.507 e. The predicted molar refractivity (Wildman–Crippen MR) is 149 cm³/mol. The molecule has 2 heterocycles. The third-order valence-electron chi connectivity index (χ3n) is 6.52. The molecular weight excluding hydrogens is 546 g/mol. The Morgan fingerprint density at radius 2 is 1.97 bits per heavy atom. The summed E-state index contributed by atoms with van der Waals surface area (Å²) in [7, 11) is 0. The van der Waals surface area contributed by atoms with Gasteiger partial charge < -0.3 is 14.6 Å². The highest BCUT2D eigenvalue weighted by Gasteiger charge is 2.29. The van der Waals surface area contributed by atoms with Crippen LogP contribution in [0.2, 0.25) is 0 Å². The molecule has 194 valence electrons. The molecule has 0 saturated heterocycles. The minimum absolute atomic E-state index is 0.00310. The number of hydrogen-bond acceptors (Lipinski definition) is 6. The van der Waals surface area contributed by atoms with Crippen LogP contribution in [-0.4, -0.2) is 31.5 Å². The number of aromatic nitrogens is 3. The molecule has 38 heavy (non-hydrogen) atoms. The Labute approximate surface area is 229 Å². The lowest BCUT2D eigenvalue weighted by molar-refractivity contribution is 0.0836. The van der Waals surface area contributed by atoms with Gasteiger partial charge in [0, 0.05) is 10.0 Å². The van der Waals surface area contributed by atoms with Crippen molar-refractivity contribution in [2.24, 2.45) is 0 Å². The van der Waals surface area contributed by atoms with E-state index in [4.69, 9.17) is 9.47 Å². The van der Waals surface area contributed by atoms with Gasteiger partial charge in [-0.15, -0.1) is 5.10 Å². The lowest BCUT2D eigenvalue weighted by atomic mass is 9.91. The molecule has 0 fully saturated rings. The van der Waals surface area contributed by atoms with E-state index in [-0.39, 0.29) is 29.3 Å². The van der Waals surface area contributed by atoms with Gasteiger partial charge in [0.05, 0.1) is 17.4 Å². The van der Waals surface area contributed by atoms with Gasteiger partial charge in [-0.1, -0.05) is 45.4 Å². The maximum Gasteiger partial charge on any atom is 0.189 e. The van der Waals surface area contributed by atoms with Crippen LogP contribution in [0.1, 0.15) is 53.0 Å². The standard InChI is InChI=1S/C30H28BrN3O4/c1-19-4-8-22(16-26(19)31)34-17-21(32-33-34)18-37-23-9-5-20(6-10-23)7-12-27(35)24-11-13-28-25(29(24)36)14-15-30(2,3)38-28/h4-13,16-17,36H,14-15,18H2,1-3H3/b12-7+. The molecule has 0 amide bonds. The molecule has 8 heteroatoms. The predicted octanol–water partition coefficient (Wildman–Crippen LogP) is 6.62. The number of aryl methyl sites for hydroxylation is 1. The summed E-state index contributed by atoms with van der Waals surface area (Å²) >= 11 is 3.54. The first-order valence-electron chi connectivity index (χ1n) is 12.4. The average Bonchev–Trinajstić information content (AvgIpc) is 3.37. The average molecular weight is 574 g/mol. The van der Waals surface area contributed by atoms with Crippen molar-refractivity contribution in [3.05, 3.63) is 99.3 Å². The number of hydrogen-bond donors (Lipinski definition) is 1. The van der Waals surface area contributed by atoms with Crippen LogP contribution in [0.4, 0.5) is 0 Å². The van der Waals surface area contributed by atoms with Gasteiger partial charge in [-0.2, -0.15) is 0 Å². The molecule has 3 aromatic carbocycles. The Bertz CT molecular complexity index is 1520. The Morgan fingerprint density at radius 3 is 2.74 bits per heavy atom. The van der Waals surface area contributed by atoms with E-state index in [9.17, 15) is 9.90 Å². The number of benzene rings is 3. The van der Waals surface area contributed by atoms with Gasteiger partial charge in [-0.05, 0) is 87.2 Å². The molecule has 0 spiro atoms. The van der Waals surface area contributed by atoms with Gasteiger partial charge >= 0.3 is 0 Å². The topological polar surface area (TPSA) is 86.5 Å². The summed E-state index contributed by atoms with van der Waals surface area (Å²) in [6, 6.07) is 16.8. The van der Waals surface area contributed by atoms with E-state index < -0.39 is 0 Å². The number of fused-ring (bicyclic) bond motifs is 1. The number of phenols is 1. The van der Waals surface area contributed by atoms with Crippen molar-refractivity contribution >= 4 is 27.8 Å². The second-order valence-corrected chi connectivity index (χ2v) is 10.8. The second-order valence-electron chi connectivity index (χ2n) is 9.94. The lowest BCUT2D eigenvalue weighted by Gasteiger charge is -2.33. The zero-order chi connectivity index (χ0) is 26.9. The molecule has 4 aromatic rings. The molecule has 1 aliphatic rings. The minimum atomic E-state index is -0.279. The molecule has 7 nitrogen and oxygen atoms in total. The fourth-order valence-corrected chi connectivity index (χ4v) is 4.60. The number of phenolic OH excluding ortho intramolecular Hbond substituents is 1. The van der Waals surface area contributed by atoms with Crippen LogP contribution in [0.25, 0.3) is 11.8 Å². The summed E-state index contributed by atoms with van der Waals surface area (Å²) in [6.07, 6.45) is 6.46. The Kier molecular flexibility index (Phi) is 7.08. The number of halogens is 1. The van der Waals surface area contributed by atoms with Crippen molar-refractivity contribution in [2.75, 3.05) is 0 Å². The molecular formula is C30H28BrN3O4. The Hall–Kier alpha value is -3.91. The quantitative estimate of drug-likeness (QED) is 0.197. The number of ether oxygens (including phenoxy) is 2. The fraction of sp³-hybridized carbons (Fsp3) is 0.233. The molecule has 1 aliphatic heterocycles. The maximum absolute atomic E-state index is 12.8. The molecule has 0 unspecified atom stereocenters. The third kappa shape index (κ3) is 5.65. The van der Waals surface area contributed by atoms with Gasteiger partial charge in [0.25, 0.3) is 0 Å². The molecule has 0 saturated carbocycles. The molecule has 0 aliphatic carbocycles. The highest BCUT2D eigenvalue weighted by Crippen LogP contribution is 2.40. The van der Waals surface area contributed by atoms with E-state index in [0.29, 0.717) is 29.2 Å². The van der Waals surface area contributed by atoms with E-state index in [1.165, 1.54) is 6.08 Å². The van der Waals surface area contributed by atoms with Gasteiger partial charge in [0.2, 0.25) is 0 Å². The normalized spacial score (nSPS) is 14.2. The second kappa shape index (κ2) is 10.5. The number of nitrogens with zero attached hydrogens (tertiary/aromatic N) is 3. The van der Waals surface area contributed by atoms with Gasteiger partial charge in [-0.3, -0.25) is 4.79 Å². The smallest absolute Gasteiger partial charge is 0.189 e. The zero-order valence-corrected chi connectivity index (χ0v) is 23.0. The van der Waals surface area contributed by atoms with Gasteiger partial charge in [-0.25, -0.2) is 4.68 Å². The molecule has 0 bridgehead atoms. The number of rotatable bonds is 7. The summed E-state index contributed by atoms with van der Waals surface area (Å²) < 4.78 is 14.5. The van der Waals surface area contributed by atoms with Crippen LogP contribution in [-0.2, 0) is 13.0 Å². The number of allylic oxidation sites excluding steroid dienone is 1. The van der Waals surface area contributed by atoms with E-state index in [1.807, 2.05) is 69.4 Å². The van der Waals surface area contributed by atoms with Crippen LogP contribution >= 0.6 is 15.9 Å². The van der Waals surface area contributed by atoms with Crippen LogP contribution in [0.5, 0.6) is 17.2 Å². The first-order chi connectivity index (χ1) is 18.2. The molecule has 1 N–H and O–H groups in total. The van der Waals surface area contributed by atoms with E-state index in [1.54, 1.807) is 22.9 Å². The summed E-state index contributed by atoms with van der Waals surface area (Å²) in [4.78, 5) is 12.8. The summed E-state index contributed by atoms with van der Waals surface area (Å²) in [5.74, 6) is 1.06. The molecule has 5 rings (SSSR count). The lowest BCUT2D eigenvalue weighted by Crippen LogP contribution is -2.32. The van der Waals surface area contributed by atoms with Crippen molar-refractivity contribution in [1.29, 1.82) is 0 Å². The summed E-state index contributed by atoms with van der Waals surface area (Å²) in [5, 5.41) is 19.1. The first-order valence-corrected chi connectivity index (χ1v) is 13.1. The number of carbonyl (C=O) groups is 1. The van der Waals surface area contributed by atoms with E-state index in [2.05, 4.69) is 26.2 Å². The van der Waals surface area contributed by atoms with Gasteiger partial charge in [0.1, 0.15) is 35.2 Å². The highest BCUT2D eigenvalue weighted by molar-refractivity contribution is 9.10. The summed E-state index contributed by atoms with van der Waals surface area (Å²) in [5.41, 5.74) is 4.28. The van der Waals surface area contributed by atoms with Crippen LogP contribution in [0, 0.1) is 6.92 Å².